The highest BCUT2D eigenvalue weighted by atomic mass is 32.2. The molecule has 0 amide bonds. The molecule has 1 rings (SSSR count). The van der Waals surface area contributed by atoms with Crippen molar-refractivity contribution in [2.75, 3.05) is 13.2 Å². The molecule has 9 heteroatoms. The number of hydrogen-bond acceptors (Lipinski definition) is 4. The SMILES string of the molecule is CCOC(=O)CCNS(=O)(=O)c1ccc(F)c(F)c1F. The number of ether oxygens (including phenoxy) is 1. The molecule has 0 atom stereocenters. The van der Waals surface area contributed by atoms with Gasteiger partial charge < -0.3 is 4.74 Å². The molecule has 0 saturated carbocycles. The van der Waals surface area contributed by atoms with E-state index in [-0.39, 0.29) is 19.6 Å². The summed E-state index contributed by atoms with van der Waals surface area (Å²) in [6, 6.07) is 1.10. The lowest BCUT2D eigenvalue weighted by molar-refractivity contribution is -0.142. The average molecular weight is 311 g/mol. The van der Waals surface area contributed by atoms with Crippen LogP contribution in [0.2, 0.25) is 0 Å². The summed E-state index contributed by atoms with van der Waals surface area (Å²) in [5.41, 5.74) is 0. The molecule has 0 aliphatic rings. The van der Waals surface area contributed by atoms with Gasteiger partial charge in [-0.25, -0.2) is 26.3 Å². The van der Waals surface area contributed by atoms with E-state index in [0.717, 1.165) is 0 Å². The predicted octanol–water partition coefficient (Wildman–Crippen LogP) is 1.34. The zero-order valence-electron chi connectivity index (χ0n) is 10.5. The number of benzene rings is 1. The molecule has 0 unspecified atom stereocenters. The molecule has 0 aromatic heterocycles. The van der Waals surface area contributed by atoms with E-state index >= 15 is 0 Å². The number of carbonyl (C=O) groups is 1. The second kappa shape index (κ2) is 6.71. The topological polar surface area (TPSA) is 72.5 Å². The quantitative estimate of drug-likeness (QED) is 0.635. The van der Waals surface area contributed by atoms with Gasteiger partial charge in [0.2, 0.25) is 10.0 Å². The maximum atomic E-state index is 13.3. The van der Waals surface area contributed by atoms with E-state index in [9.17, 15) is 26.4 Å². The van der Waals surface area contributed by atoms with E-state index in [2.05, 4.69) is 4.74 Å². The summed E-state index contributed by atoms with van der Waals surface area (Å²) in [6.45, 7) is 1.38. The van der Waals surface area contributed by atoms with Gasteiger partial charge in [0.25, 0.3) is 0 Å². The summed E-state index contributed by atoms with van der Waals surface area (Å²) in [5, 5.41) is 0. The number of sulfonamides is 1. The Morgan fingerprint density at radius 3 is 2.50 bits per heavy atom. The largest absolute Gasteiger partial charge is 0.466 e. The smallest absolute Gasteiger partial charge is 0.307 e. The summed E-state index contributed by atoms with van der Waals surface area (Å²) in [6.07, 6.45) is -0.266. The van der Waals surface area contributed by atoms with Gasteiger partial charge >= 0.3 is 5.97 Å². The molecule has 0 aliphatic carbocycles. The van der Waals surface area contributed by atoms with Crippen LogP contribution in [0.4, 0.5) is 13.2 Å². The molecule has 0 radical (unpaired) electrons. The van der Waals surface area contributed by atoms with E-state index in [1.54, 1.807) is 6.92 Å². The Morgan fingerprint density at radius 1 is 1.25 bits per heavy atom. The molecule has 1 N–H and O–H groups in total. The van der Waals surface area contributed by atoms with Crippen LogP contribution >= 0.6 is 0 Å². The molecule has 20 heavy (non-hydrogen) atoms. The van der Waals surface area contributed by atoms with Gasteiger partial charge in [-0.2, -0.15) is 0 Å². The monoisotopic (exact) mass is 311 g/mol. The van der Waals surface area contributed by atoms with Gasteiger partial charge in [0.1, 0.15) is 4.90 Å². The Kier molecular flexibility index (Phi) is 5.52. The molecular formula is C11H12F3NO4S. The Morgan fingerprint density at radius 2 is 1.90 bits per heavy atom. The molecule has 112 valence electrons. The van der Waals surface area contributed by atoms with Gasteiger partial charge in [0.15, 0.2) is 17.5 Å². The van der Waals surface area contributed by atoms with Crippen molar-refractivity contribution in [2.24, 2.45) is 0 Å². The second-order valence-corrected chi connectivity index (χ2v) is 5.36. The van der Waals surface area contributed by atoms with Crippen LogP contribution in [0.1, 0.15) is 13.3 Å². The molecule has 0 bridgehead atoms. The van der Waals surface area contributed by atoms with Gasteiger partial charge in [0.05, 0.1) is 13.0 Å². The van der Waals surface area contributed by atoms with E-state index in [1.807, 2.05) is 4.72 Å². The lowest BCUT2D eigenvalue weighted by Crippen LogP contribution is -2.28. The maximum absolute atomic E-state index is 13.3. The van der Waals surface area contributed by atoms with Crippen LogP contribution in [-0.2, 0) is 19.6 Å². The first kappa shape index (κ1) is 16.4. The number of nitrogens with one attached hydrogen (secondary N) is 1. The van der Waals surface area contributed by atoms with E-state index in [0.29, 0.717) is 12.1 Å². The number of rotatable bonds is 6. The fourth-order valence-corrected chi connectivity index (χ4v) is 2.41. The normalized spacial score (nSPS) is 11.4. The lowest BCUT2D eigenvalue weighted by Gasteiger charge is -2.08. The van der Waals surface area contributed by atoms with Gasteiger partial charge in [-0.1, -0.05) is 0 Å². The fraction of sp³-hybridized carbons (Fsp3) is 0.364. The van der Waals surface area contributed by atoms with Crippen LogP contribution in [0.5, 0.6) is 0 Å². The molecule has 5 nitrogen and oxygen atoms in total. The zero-order valence-corrected chi connectivity index (χ0v) is 11.3. The number of esters is 1. The Bertz CT molecular complexity index is 604. The number of hydrogen-bond donors (Lipinski definition) is 1. The maximum Gasteiger partial charge on any atom is 0.307 e. The molecule has 0 heterocycles. The molecule has 0 saturated heterocycles. The van der Waals surface area contributed by atoms with Gasteiger partial charge in [-0.05, 0) is 19.1 Å². The number of carbonyl (C=O) groups excluding carboxylic acids is 1. The summed E-state index contributed by atoms with van der Waals surface area (Å²) >= 11 is 0. The molecule has 1 aromatic rings. The van der Waals surface area contributed by atoms with Crippen LogP contribution in [0.3, 0.4) is 0 Å². The minimum atomic E-state index is -4.38. The Hall–Kier alpha value is -1.61. The Labute approximate surface area is 113 Å². The van der Waals surface area contributed by atoms with Crippen LogP contribution in [0.15, 0.2) is 17.0 Å². The summed E-state index contributed by atoms with van der Waals surface area (Å²) in [5.74, 6) is -5.82. The van der Waals surface area contributed by atoms with Gasteiger partial charge in [-0.3, -0.25) is 4.79 Å². The summed E-state index contributed by atoms with van der Waals surface area (Å²) < 4.78 is 68.8. The highest BCUT2D eigenvalue weighted by Gasteiger charge is 2.23. The summed E-state index contributed by atoms with van der Waals surface area (Å²) in [7, 11) is -4.38. The van der Waals surface area contributed by atoms with E-state index < -0.39 is 38.3 Å². The predicted molar refractivity (Wildman–Crippen MR) is 62.8 cm³/mol. The molecule has 1 aromatic carbocycles. The van der Waals surface area contributed by atoms with Crippen LogP contribution in [0.25, 0.3) is 0 Å². The first-order valence-electron chi connectivity index (χ1n) is 5.58. The highest BCUT2D eigenvalue weighted by Crippen LogP contribution is 2.19. The van der Waals surface area contributed by atoms with Crippen LogP contribution in [0, 0.1) is 17.5 Å². The van der Waals surface area contributed by atoms with Crippen molar-refractivity contribution in [3.05, 3.63) is 29.6 Å². The lowest BCUT2D eigenvalue weighted by atomic mass is 10.3. The van der Waals surface area contributed by atoms with Crippen LogP contribution < -0.4 is 4.72 Å². The van der Waals surface area contributed by atoms with Crippen LogP contribution in [-0.4, -0.2) is 27.5 Å². The second-order valence-electron chi connectivity index (χ2n) is 3.63. The standard InChI is InChI=1S/C11H12F3NO4S/c1-2-19-9(16)5-6-15-20(17,18)8-4-3-7(12)10(13)11(8)14/h3-4,15H,2,5-6H2,1H3. The minimum absolute atomic E-state index is 0.142. The Balaban J connectivity index is 2.80. The third kappa shape index (κ3) is 3.94. The molecule has 0 fully saturated rings. The van der Waals surface area contributed by atoms with Gasteiger partial charge in [-0.15, -0.1) is 0 Å². The van der Waals surface area contributed by atoms with Crippen molar-refractivity contribution in [3.63, 3.8) is 0 Å². The zero-order chi connectivity index (χ0) is 15.3. The third-order valence-electron chi connectivity index (χ3n) is 2.22. The van der Waals surface area contributed by atoms with Crippen molar-refractivity contribution in [1.29, 1.82) is 0 Å². The van der Waals surface area contributed by atoms with Crippen molar-refractivity contribution < 1.29 is 31.1 Å². The van der Waals surface area contributed by atoms with Crippen molar-refractivity contribution in [1.82, 2.24) is 4.72 Å². The van der Waals surface area contributed by atoms with E-state index in [4.69, 9.17) is 0 Å². The summed E-state index contributed by atoms with van der Waals surface area (Å²) in [4.78, 5) is 9.96. The minimum Gasteiger partial charge on any atom is -0.466 e. The first-order chi connectivity index (χ1) is 9.29. The van der Waals surface area contributed by atoms with E-state index in [1.165, 1.54) is 0 Å². The van der Waals surface area contributed by atoms with Crippen molar-refractivity contribution in [2.45, 2.75) is 18.2 Å². The highest BCUT2D eigenvalue weighted by molar-refractivity contribution is 7.89. The molecular weight excluding hydrogens is 299 g/mol. The van der Waals surface area contributed by atoms with Gasteiger partial charge in [0, 0.05) is 6.54 Å². The fourth-order valence-electron chi connectivity index (χ4n) is 1.31. The van der Waals surface area contributed by atoms with Crippen molar-refractivity contribution in [3.8, 4) is 0 Å². The third-order valence-corrected chi connectivity index (χ3v) is 3.69. The molecule has 0 spiro atoms. The van der Waals surface area contributed by atoms with Crippen molar-refractivity contribution >= 4 is 16.0 Å². The average Bonchev–Trinajstić information content (AvgIpc) is 2.35. The molecule has 0 aliphatic heterocycles. The number of halogens is 3. The first-order valence-corrected chi connectivity index (χ1v) is 7.06.